The average molecular weight is 255 g/mol. The first-order valence-corrected chi connectivity index (χ1v) is 6.08. The van der Waals surface area contributed by atoms with Gasteiger partial charge >= 0.3 is 6.01 Å². The first-order chi connectivity index (χ1) is 8.62. The summed E-state index contributed by atoms with van der Waals surface area (Å²) in [6.45, 7) is 6.09. The fraction of sp³-hybridized carbons (Fsp3) is 0.727. The number of hydrogen-bond donors (Lipinski definition) is 1. The van der Waals surface area contributed by atoms with Crippen LogP contribution in [0.5, 0.6) is 0 Å². The Morgan fingerprint density at radius 3 is 2.56 bits per heavy atom. The second kappa shape index (κ2) is 6.95. The number of amides is 1. The van der Waals surface area contributed by atoms with Gasteiger partial charge in [-0.3, -0.25) is 4.79 Å². The minimum atomic E-state index is 0.0517. The monoisotopic (exact) mass is 255 g/mol. The molecule has 102 valence electrons. The van der Waals surface area contributed by atoms with Crippen LogP contribution in [0, 0.1) is 0 Å². The van der Waals surface area contributed by atoms with E-state index in [1.807, 2.05) is 13.8 Å². The summed E-state index contributed by atoms with van der Waals surface area (Å²) in [7, 11) is 3.57. The third-order valence-corrected chi connectivity index (χ3v) is 2.60. The Labute approximate surface area is 107 Å². The molecule has 7 nitrogen and oxygen atoms in total. The lowest BCUT2D eigenvalue weighted by atomic mass is 10.4. The highest BCUT2D eigenvalue weighted by Gasteiger charge is 2.16. The second-order valence-electron chi connectivity index (χ2n) is 3.93. The fourth-order valence-electron chi connectivity index (χ4n) is 1.57. The van der Waals surface area contributed by atoms with Gasteiger partial charge in [-0.2, -0.15) is 0 Å². The van der Waals surface area contributed by atoms with E-state index in [-0.39, 0.29) is 12.5 Å². The number of hydrogen-bond acceptors (Lipinski definition) is 6. The molecule has 7 heteroatoms. The topological polar surface area (TPSA) is 74.5 Å². The molecule has 1 amide bonds. The van der Waals surface area contributed by atoms with E-state index < -0.39 is 0 Å². The van der Waals surface area contributed by atoms with Crippen LogP contribution in [0.15, 0.2) is 4.42 Å². The Morgan fingerprint density at radius 2 is 2.00 bits per heavy atom. The van der Waals surface area contributed by atoms with Gasteiger partial charge in [-0.1, -0.05) is 5.10 Å². The highest BCUT2D eigenvalue weighted by atomic mass is 16.4. The van der Waals surface area contributed by atoms with Crippen LogP contribution in [-0.2, 0) is 11.3 Å². The van der Waals surface area contributed by atoms with Crippen molar-refractivity contribution in [1.29, 1.82) is 0 Å². The van der Waals surface area contributed by atoms with Gasteiger partial charge in [-0.15, -0.1) is 5.10 Å². The molecular formula is C11H21N5O2. The largest absolute Gasteiger partial charge is 0.407 e. The van der Waals surface area contributed by atoms with Crippen LogP contribution in [0.3, 0.4) is 0 Å². The van der Waals surface area contributed by atoms with Crippen LogP contribution in [0.1, 0.15) is 19.7 Å². The summed E-state index contributed by atoms with van der Waals surface area (Å²) in [5.41, 5.74) is 0. The minimum Gasteiger partial charge on any atom is -0.407 e. The van der Waals surface area contributed by atoms with Crippen molar-refractivity contribution in [3.05, 3.63) is 5.89 Å². The van der Waals surface area contributed by atoms with Crippen molar-refractivity contribution < 1.29 is 9.21 Å². The molecule has 0 aliphatic carbocycles. The Bertz CT molecular complexity index is 375. The molecule has 0 aromatic carbocycles. The van der Waals surface area contributed by atoms with E-state index in [9.17, 15) is 4.79 Å². The van der Waals surface area contributed by atoms with E-state index in [1.165, 1.54) is 0 Å². The standard InChI is InChI=1S/C11H21N5O2/c1-5-16(6-2)10(17)8-15(4)11-14-13-9(18-11)7-12-3/h12H,5-8H2,1-4H3. The van der Waals surface area contributed by atoms with Gasteiger partial charge in [0.2, 0.25) is 11.8 Å². The van der Waals surface area contributed by atoms with Gasteiger partial charge in [0.1, 0.15) is 6.54 Å². The van der Waals surface area contributed by atoms with Gasteiger partial charge in [0.25, 0.3) is 0 Å². The molecular weight excluding hydrogens is 234 g/mol. The molecule has 1 aromatic rings. The smallest absolute Gasteiger partial charge is 0.318 e. The minimum absolute atomic E-state index is 0.0517. The predicted molar refractivity (Wildman–Crippen MR) is 68.3 cm³/mol. The molecule has 0 saturated carbocycles. The lowest BCUT2D eigenvalue weighted by molar-refractivity contribution is -0.129. The van der Waals surface area contributed by atoms with Gasteiger partial charge in [0, 0.05) is 20.1 Å². The number of carbonyl (C=O) groups excluding carboxylic acids is 1. The van der Waals surface area contributed by atoms with Gasteiger partial charge < -0.3 is 19.5 Å². The van der Waals surface area contributed by atoms with Crippen LogP contribution in [0.2, 0.25) is 0 Å². The summed E-state index contributed by atoms with van der Waals surface area (Å²) < 4.78 is 5.40. The molecule has 0 radical (unpaired) electrons. The van der Waals surface area contributed by atoms with E-state index >= 15 is 0 Å². The molecule has 0 atom stereocenters. The molecule has 1 heterocycles. The number of carbonyl (C=O) groups is 1. The van der Waals surface area contributed by atoms with E-state index in [1.54, 1.807) is 23.9 Å². The van der Waals surface area contributed by atoms with Crippen LogP contribution in [0.25, 0.3) is 0 Å². The van der Waals surface area contributed by atoms with E-state index in [2.05, 4.69) is 15.5 Å². The molecule has 0 aliphatic heterocycles. The molecule has 1 rings (SSSR count). The van der Waals surface area contributed by atoms with E-state index in [0.717, 1.165) is 0 Å². The molecule has 0 spiro atoms. The highest BCUT2D eigenvalue weighted by molar-refractivity contribution is 5.80. The first kappa shape index (κ1) is 14.4. The quantitative estimate of drug-likeness (QED) is 0.744. The van der Waals surface area contributed by atoms with Gasteiger partial charge in [-0.25, -0.2) is 0 Å². The summed E-state index contributed by atoms with van der Waals surface area (Å²) >= 11 is 0. The highest BCUT2D eigenvalue weighted by Crippen LogP contribution is 2.10. The zero-order valence-electron chi connectivity index (χ0n) is 11.4. The Kier molecular flexibility index (Phi) is 5.57. The average Bonchev–Trinajstić information content (AvgIpc) is 2.79. The maximum atomic E-state index is 11.9. The molecule has 0 aliphatic rings. The van der Waals surface area contributed by atoms with Crippen molar-refractivity contribution in [2.75, 3.05) is 38.6 Å². The third kappa shape index (κ3) is 3.69. The first-order valence-electron chi connectivity index (χ1n) is 6.08. The van der Waals surface area contributed by atoms with Gasteiger partial charge in [0.05, 0.1) is 6.54 Å². The predicted octanol–water partition coefficient (Wildman–Crippen LogP) is 0.0936. The number of anilines is 1. The normalized spacial score (nSPS) is 10.4. The number of likely N-dealkylation sites (N-methyl/N-ethyl adjacent to an activating group) is 2. The second-order valence-corrected chi connectivity index (χ2v) is 3.93. The number of rotatable bonds is 7. The van der Waals surface area contributed by atoms with E-state index in [0.29, 0.717) is 31.5 Å². The zero-order valence-corrected chi connectivity index (χ0v) is 11.4. The summed E-state index contributed by atoms with van der Waals surface area (Å²) in [4.78, 5) is 15.3. The van der Waals surface area contributed by atoms with Crippen molar-refractivity contribution in [2.45, 2.75) is 20.4 Å². The van der Waals surface area contributed by atoms with Crippen LogP contribution in [-0.4, -0.2) is 54.7 Å². The van der Waals surface area contributed by atoms with Crippen LogP contribution >= 0.6 is 0 Å². The number of nitrogens with zero attached hydrogens (tertiary/aromatic N) is 4. The van der Waals surface area contributed by atoms with Gasteiger partial charge in [0.15, 0.2) is 0 Å². The third-order valence-electron chi connectivity index (χ3n) is 2.60. The van der Waals surface area contributed by atoms with Crippen LogP contribution < -0.4 is 10.2 Å². The maximum absolute atomic E-state index is 11.9. The zero-order chi connectivity index (χ0) is 13.5. The lowest BCUT2D eigenvalue weighted by Crippen LogP contribution is -2.38. The Hall–Kier alpha value is -1.63. The Balaban J connectivity index is 2.58. The summed E-state index contributed by atoms with van der Waals surface area (Å²) in [5, 5.41) is 10.7. The van der Waals surface area contributed by atoms with Gasteiger partial charge in [-0.05, 0) is 20.9 Å². The van der Waals surface area contributed by atoms with Crippen molar-refractivity contribution in [3.8, 4) is 0 Å². The van der Waals surface area contributed by atoms with Crippen molar-refractivity contribution in [2.24, 2.45) is 0 Å². The molecule has 1 aromatic heterocycles. The fourth-order valence-corrected chi connectivity index (χ4v) is 1.57. The summed E-state index contributed by atoms with van der Waals surface area (Å²) in [6.07, 6.45) is 0. The summed E-state index contributed by atoms with van der Waals surface area (Å²) in [5.74, 6) is 0.561. The van der Waals surface area contributed by atoms with Crippen LogP contribution in [0.4, 0.5) is 6.01 Å². The molecule has 18 heavy (non-hydrogen) atoms. The summed E-state index contributed by atoms with van der Waals surface area (Å²) in [6, 6.07) is 0.362. The van der Waals surface area contributed by atoms with Crippen molar-refractivity contribution >= 4 is 11.9 Å². The molecule has 0 saturated heterocycles. The number of aromatic nitrogens is 2. The lowest BCUT2D eigenvalue weighted by Gasteiger charge is -2.21. The maximum Gasteiger partial charge on any atom is 0.318 e. The van der Waals surface area contributed by atoms with Crippen molar-refractivity contribution in [3.63, 3.8) is 0 Å². The van der Waals surface area contributed by atoms with E-state index in [4.69, 9.17) is 4.42 Å². The Morgan fingerprint density at radius 1 is 1.33 bits per heavy atom. The molecule has 0 bridgehead atoms. The molecule has 0 fully saturated rings. The molecule has 0 unspecified atom stereocenters. The van der Waals surface area contributed by atoms with Crippen molar-refractivity contribution in [1.82, 2.24) is 20.4 Å². The molecule has 1 N–H and O–H groups in total. The number of nitrogens with one attached hydrogen (secondary N) is 1. The SMILES string of the molecule is CCN(CC)C(=O)CN(C)c1nnc(CNC)o1.